The summed E-state index contributed by atoms with van der Waals surface area (Å²) in [4.78, 5) is 20.1. The van der Waals surface area contributed by atoms with Crippen LogP contribution in [0.1, 0.15) is 50.7 Å². The van der Waals surface area contributed by atoms with E-state index in [1.165, 1.54) is 4.57 Å². The Bertz CT molecular complexity index is 1430. The molecule has 2 aromatic heterocycles. The largest absolute Gasteiger partial charge is 0.354 e. The van der Waals surface area contributed by atoms with Gasteiger partial charge in [0.05, 0.1) is 16.4 Å². The molecule has 0 radical (unpaired) electrons. The van der Waals surface area contributed by atoms with Crippen LogP contribution in [0.5, 0.6) is 0 Å². The highest BCUT2D eigenvalue weighted by Gasteiger charge is 2.15. The standard InChI is InChI=1S/C29H36ClFN6O/c1-3-22(33)11-12-34-16-19-7-9-23(10-8-19)37-17-21-15-26(35-28(21)36-29(37)38)24-13-20(6-4-5-18(2)32)14-25(30)27(24)31/h7-10,13-15,17-18,22,34H,3-6,11-12,16,32-33H2,1-2H3,(H,35,36,38)/t18-,22+/m0/s1. The van der Waals surface area contributed by atoms with E-state index in [2.05, 4.69) is 22.2 Å². The van der Waals surface area contributed by atoms with Crippen LogP contribution in [0.25, 0.3) is 28.0 Å². The quantitative estimate of drug-likeness (QED) is 0.188. The number of rotatable bonds is 12. The molecule has 0 fully saturated rings. The number of nitrogens with zero attached hydrogens (tertiary/aromatic N) is 2. The molecular weight excluding hydrogens is 503 g/mol. The fourth-order valence-corrected chi connectivity index (χ4v) is 4.68. The molecule has 7 nitrogen and oxygen atoms in total. The molecule has 2 heterocycles. The summed E-state index contributed by atoms with van der Waals surface area (Å²) in [5.74, 6) is -0.509. The molecule has 4 rings (SSSR count). The van der Waals surface area contributed by atoms with Crippen LogP contribution in [0, 0.1) is 5.82 Å². The maximum atomic E-state index is 15.0. The number of benzene rings is 2. The van der Waals surface area contributed by atoms with Crippen molar-refractivity contribution in [2.45, 2.75) is 64.6 Å². The Labute approximate surface area is 227 Å². The van der Waals surface area contributed by atoms with Gasteiger partial charge in [-0.15, -0.1) is 0 Å². The lowest BCUT2D eigenvalue weighted by Crippen LogP contribution is -2.25. The number of H-pyrrole nitrogens is 1. The highest BCUT2D eigenvalue weighted by molar-refractivity contribution is 6.31. The summed E-state index contributed by atoms with van der Waals surface area (Å²) >= 11 is 6.22. The number of aromatic amines is 1. The molecule has 2 aromatic carbocycles. The summed E-state index contributed by atoms with van der Waals surface area (Å²) in [6.07, 6.45) is 6.12. The van der Waals surface area contributed by atoms with Gasteiger partial charge in [-0.25, -0.2) is 9.18 Å². The second-order valence-electron chi connectivity index (χ2n) is 9.99. The number of hydrogen-bond acceptors (Lipinski definition) is 5. The Morgan fingerprint density at radius 2 is 1.89 bits per heavy atom. The van der Waals surface area contributed by atoms with Crippen LogP contribution in [0.15, 0.2) is 53.5 Å². The zero-order chi connectivity index (χ0) is 27.2. The molecule has 38 heavy (non-hydrogen) atoms. The van der Waals surface area contributed by atoms with Gasteiger partial charge in [-0.1, -0.05) is 30.7 Å². The third-order valence-electron chi connectivity index (χ3n) is 6.77. The van der Waals surface area contributed by atoms with Gasteiger partial charge in [0.15, 0.2) is 5.82 Å². The van der Waals surface area contributed by atoms with Crippen molar-refractivity contribution in [3.8, 4) is 16.9 Å². The third kappa shape index (κ3) is 6.88. The second-order valence-corrected chi connectivity index (χ2v) is 10.4. The summed E-state index contributed by atoms with van der Waals surface area (Å²) in [7, 11) is 0. The first-order valence-electron chi connectivity index (χ1n) is 13.2. The van der Waals surface area contributed by atoms with Crippen LogP contribution in [0.4, 0.5) is 4.39 Å². The molecule has 9 heteroatoms. The number of nitrogens with two attached hydrogens (primary N) is 2. The summed E-state index contributed by atoms with van der Waals surface area (Å²) in [5.41, 5.74) is 15.4. The number of aromatic nitrogens is 3. The fourth-order valence-electron chi connectivity index (χ4n) is 4.44. The predicted octanol–water partition coefficient (Wildman–Crippen LogP) is 5.06. The maximum absolute atomic E-state index is 15.0. The molecule has 4 aromatic rings. The van der Waals surface area contributed by atoms with E-state index >= 15 is 4.39 Å². The molecule has 0 aliphatic rings. The van der Waals surface area contributed by atoms with Gasteiger partial charge in [0.25, 0.3) is 0 Å². The number of hydrogen-bond donors (Lipinski definition) is 4. The van der Waals surface area contributed by atoms with Gasteiger partial charge >= 0.3 is 5.69 Å². The molecule has 0 saturated heterocycles. The predicted molar refractivity (Wildman–Crippen MR) is 153 cm³/mol. The van der Waals surface area contributed by atoms with Crippen molar-refractivity contribution in [2.24, 2.45) is 11.5 Å². The third-order valence-corrected chi connectivity index (χ3v) is 7.05. The normalized spacial score (nSPS) is 13.2. The molecule has 2 atom stereocenters. The van der Waals surface area contributed by atoms with Crippen molar-refractivity contribution in [3.63, 3.8) is 0 Å². The minimum atomic E-state index is -0.509. The van der Waals surface area contributed by atoms with Gasteiger partial charge in [-0.05, 0) is 87.0 Å². The Morgan fingerprint density at radius 3 is 2.61 bits per heavy atom. The van der Waals surface area contributed by atoms with E-state index in [1.807, 2.05) is 31.2 Å². The topological polar surface area (TPSA) is 115 Å². The average molecular weight is 539 g/mol. The van der Waals surface area contributed by atoms with E-state index in [1.54, 1.807) is 24.4 Å². The smallest absolute Gasteiger partial charge is 0.339 e. The molecule has 0 saturated carbocycles. The molecular formula is C29H36ClFN6O. The zero-order valence-corrected chi connectivity index (χ0v) is 22.7. The van der Waals surface area contributed by atoms with E-state index in [-0.39, 0.29) is 17.1 Å². The van der Waals surface area contributed by atoms with E-state index < -0.39 is 11.5 Å². The van der Waals surface area contributed by atoms with E-state index in [4.69, 9.17) is 23.1 Å². The van der Waals surface area contributed by atoms with Gasteiger partial charge in [0.2, 0.25) is 0 Å². The monoisotopic (exact) mass is 538 g/mol. The molecule has 0 unspecified atom stereocenters. The SMILES string of the molecule is CC[C@@H](N)CCNCc1ccc(-n2cc3cc(-c4cc(CCC[C@H](C)N)cc(Cl)c4F)[nH]c3nc2=O)cc1. The van der Waals surface area contributed by atoms with Crippen LogP contribution < -0.4 is 22.5 Å². The minimum Gasteiger partial charge on any atom is -0.339 e. The number of nitrogens with one attached hydrogen (secondary N) is 2. The van der Waals surface area contributed by atoms with Crippen LogP contribution in [0.2, 0.25) is 5.02 Å². The summed E-state index contributed by atoms with van der Waals surface area (Å²) < 4.78 is 16.5. The molecule has 202 valence electrons. The van der Waals surface area contributed by atoms with Crippen molar-refractivity contribution >= 4 is 22.6 Å². The van der Waals surface area contributed by atoms with Gasteiger partial charge in [-0.3, -0.25) is 4.57 Å². The molecule has 0 amide bonds. The van der Waals surface area contributed by atoms with Crippen LogP contribution in [-0.2, 0) is 13.0 Å². The summed E-state index contributed by atoms with van der Waals surface area (Å²) in [5, 5.41) is 4.15. The lowest BCUT2D eigenvalue weighted by Gasteiger charge is -2.10. The van der Waals surface area contributed by atoms with Crippen molar-refractivity contribution in [2.75, 3.05) is 6.54 Å². The molecule has 0 bridgehead atoms. The number of fused-ring (bicyclic) bond motifs is 1. The van der Waals surface area contributed by atoms with Crippen molar-refractivity contribution in [1.29, 1.82) is 0 Å². The van der Waals surface area contributed by atoms with Gasteiger partial charge in [0, 0.05) is 35.8 Å². The van der Waals surface area contributed by atoms with Gasteiger partial charge in [0.1, 0.15) is 5.65 Å². The number of aryl methyl sites for hydroxylation is 1. The Balaban J connectivity index is 1.54. The van der Waals surface area contributed by atoms with E-state index in [0.29, 0.717) is 28.0 Å². The highest BCUT2D eigenvalue weighted by atomic mass is 35.5. The van der Waals surface area contributed by atoms with Crippen LogP contribution in [0.3, 0.4) is 0 Å². The van der Waals surface area contributed by atoms with Crippen molar-refractivity contribution in [3.05, 3.63) is 81.1 Å². The van der Waals surface area contributed by atoms with Gasteiger partial charge in [-0.2, -0.15) is 4.98 Å². The highest BCUT2D eigenvalue weighted by Crippen LogP contribution is 2.31. The van der Waals surface area contributed by atoms with E-state index in [0.717, 1.165) is 56.3 Å². The van der Waals surface area contributed by atoms with Gasteiger partial charge < -0.3 is 21.8 Å². The van der Waals surface area contributed by atoms with Crippen molar-refractivity contribution in [1.82, 2.24) is 19.9 Å². The van der Waals surface area contributed by atoms with Crippen molar-refractivity contribution < 1.29 is 4.39 Å². The maximum Gasteiger partial charge on any atom is 0.354 e. The second kappa shape index (κ2) is 12.7. The summed E-state index contributed by atoms with van der Waals surface area (Å²) in [6, 6.07) is 13.3. The number of halogens is 2. The first-order valence-corrected chi connectivity index (χ1v) is 13.5. The molecule has 0 spiro atoms. The summed E-state index contributed by atoms with van der Waals surface area (Å²) in [6.45, 7) is 5.63. The Hall–Kier alpha value is -3.04. The Kier molecular flexibility index (Phi) is 9.33. The lowest BCUT2D eigenvalue weighted by atomic mass is 10.0. The lowest BCUT2D eigenvalue weighted by molar-refractivity contribution is 0.549. The minimum absolute atomic E-state index is 0.0623. The first kappa shape index (κ1) is 28.0. The first-order chi connectivity index (χ1) is 18.2. The molecule has 0 aliphatic heterocycles. The fraction of sp³-hybridized carbons (Fsp3) is 0.379. The molecule has 0 aliphatic carbocycles. The molecule has 6 N–H and O–H groups in total. The van der Waals surface area contributed by atoms with Crippen LogP contribution in [-0.4, -0.2) is 33.2 Å². The average Bonchev–Trinajstić information content (AvgIpc) is 3.30. The zero-order valence-electron chi connectivity index (χ0n) is 21.9. The van der Waals surface area contributed by atoms with E-state index in [9.17, 15) is 4.79 Å². The Morgan fingerprint density at radius 1 is 1.13 bits per heavy atom. The van der Waals surface area contributed by atoms with Crippen LogP contribution >= 0.6 is 11.6 Å².